The Bertz CT molecular complexity index is 497. The van der Waals surface area contributed by atoms with E-state index in [1.807, 2.05) is 0 Å². The molecule has 0 aromatic rings. The van der Waals surface area contributed by atoms with E-state index in [9.17, 15) is 34.8 Å². The molecule has 0 bridgehead atoms. The third kappa shape index (κ3) is 4.69. The number of aliphatic hydroxyl groups is 5. The van der Waals surface area contributed by atoms with Gasteiger partial charge in [-0.05, 0) is 6.92 Å². The summed E-state index contributed by atoms with van der Waals surface area (Å²) in [5, 5.41) is 59.5. The normalized spacial score (nSPS) is 32.7. The van der Waals surface area contributed by atoms with Gasteiger partial charge in [0.2, 0.25) is 5.91 Å². The van der Waals surface area contributed by atoms with E-state index in [0.717, 1.165) is 6.92 Å². The monoisotopic (exact) mass is 351 g/mol. The average Bonchev–Trinajstić information content (AvgIpc) is 2.47. The molecule has 0 radical (unpaired) electrons. The van der Waals surface area contributed by atoms with Crippen molar-refractivity contribution in [1.82, 2.24) is 5.32 Å². The van der Waals surface area contributed by atoms with Gasteiger partial charge >= 0.3 is 5.97 Å². The molecule has 0 spiro atoms. The van der Waals surface area contributed by atoms with E-state index in [4.69, 9.17) is 14.9 Å². The minimum Gasteiger partial charge on any atom is -0.477 e. The largest absolute Gasteiger partial charge is 0.477 e. The number of nitrogens with one attached hydrogen (secondary N) is 1. The van der Waals surface area contributed by atoms with Crippen molar-refractivity contribution in [3.63, 3.8) is 0 Å². The topological polar surface area (TPSA) is 194 Å². The zero-order valence-corrected chi connectivity index (χ0v) is 12.8. The summed E-state index contributed by atoms with van der Waals surface area (Å²) in [6, 6.07) is -1.42. The first-order valence-electron chi connectivity index (χ1n) is 7.09. The van der Waals surface area contributed by atoms with Crippen LogP contribution in [0, 0.1) is 0 Å². The van der Waals surface area contributed by atoms with Gasteiger partial charge in [0.25, 0.3) is 5.79 Å². The number of ketones is 1. The van der Waals surface area contributed by atoms with Crippen molar-refractivity contribution < 1.29 is 49.8 Å². The number of hydrogen-bond donors (Lipinski definition) is 7. The van der Waals surface area contributed by atoms with Gasteiger partial charge in [0.15, 0.2) is 0 Å². The van der Waals surface area contributed by atoms with Crippen molar-refractivity contribution in [3.05, 3.63) is 0 Å². The fourth-order valence-corrected chi connectivity index (χ4v) is 2.36. The lowest BCUT2D eigenvalue weighted by Gasteiger charge is -2.44. The van der Waals surface area contributed by atoms with Crippen LogP contribution in [0.25, 0.3) is 0 Å². The Morgan fingerprint density at radius 1 is 1.33 bits per heavy atom. The van der Waals surface area contributed by atoms with Gasteiger partial charge in [0.1, 0.15) is 24.1 Å². The van der Waals surface area contributed by atoms with E-state index in [0.29, 0.717) is 0 Å². The average molecular weight is 351 g/mol. The SMILES string of the molecule is CC(=O)CC(=O)N[C@H]1[C@H]([C@H](O)[C@H](O)CO)OC(O)(C(=O)O)C[C@@H]1O. The van der Waals surface area contributed by atoms with Crippen LogP contribution in [0.5, 0.6) is 0 Å². The maximum Gasteiger partial charge on any atom is 0.364 e. The number of carboxylic acids is 1. The molecular weight excluding hydrogens is 330 g/mol. The van der Waals surface area contributed by atoms with Gasteiger partial charge < -0.3 is 40.7 Å². The molecule has 11 nitrogen and oxygen atoms in total. The first-order valence-corrected chi connectivity index (χ1v) is 7.09. The minimum atomic E-state index is -2.86. The Morgan fingerprint density at radius 2 is 1.92 bits per heavy atom. The van der Waals surface area contributed by atoms with Crippen molar-refractivity contribution in [3.8, 4) is 0 Å². The van der Waals surface area contributed by atoms with Crippen LogP contribution >= 0.6 is 0 Å². The molecule has 7 N–H and O–H groups in total. The summed E-state index contributed by atoms with van der Waals surface area (Å²) in [5.41, 5.74) is 0. The lowest BCUT2D eigenvalue weighted by atomic mass is 9.88. The molecule has 1 saturated heterocycles. The van der Waals surface area contributed by atoms with Gasteiger partial charge in [0, 0.05) is 6.42 Å². The van der Waals surface area contributed by atoms with Crippen molar-refractivity contribution in [1.29, 1.82) is 0 Å². The molecule has 1 aliphatic heterocycles. The highest BCUT2D eigenvalue weighted by atomic mass is 16.7. The molecule has 1 fully saturated rings. The highest BCUT2D eigenvalue weighted by molar-refractivity contribution is 5.96. The van der Waals surface area contributed by atoms with Crippen LogP contribution in [0.1, 0.15) is 19.8 Å². The predicted molar refractivity (Wildman–Crippen MR) is 74.4 cm³/mol. The van der Waals surface area contributed by atoms with Crippen molar-refractivity contribution in [2.75, 3.05) is 6.61 Å². The van der Waals surface area contributed by atoms with Crippen molar-refractivity contribution >= 4 is 17.7 Å². The van der Waals surface area contributed by atoms with Gasteiger partial charge in [0.05, 0.1) is 25.2 Å². The molecule has 0 aromatic carbocycles. The number of aliphatic hydroxyl groups excluding tert-OH is 4. The summed E-state index contributed by atoms with van der Waals surface area (Å²) in [4.78, 5) is 33.7. The molecule has 11 heteroatoms. The number of rotatable bonds is 7. The smallest absolute Gasteiger partial charge is 0.364 e. The molecule has 1 rings (SSSR count). The fourth-order valence-electron chi connectivity index (χ4n) is 2.36. The summed E-state index contributed by atoms with van der Waals surface area (Å²) in [6.45, 7) is 0.231. The molecule has 0 aliphatic carbocycles. The van der Waals surface area contributed by atoms with Crippen LogP contribution in [0.2, 0.25) is 0 Å². The first kappa shape index (κ1) is 20.4. The number of carboxylic acid groups (broad SMARTS) is 1. The van der Waals surface area contributed by atoms with Crippen LogP contribution < -0.4 is 5.32 Å². The van der Waals surface area contributed by atoms with E-state index < -0.39 is 73.4 Å². The minimum absolute atomic E-state index is 0.478. The standard InChI is InChI=1S/C13H21NO10/c1-5(16)2-8(19)14-9-6(17)3-13(23,12(21)22)24-11(9)10(20)7(18)4-15/h6-7,9-11,15,17-18,20,23H,2-4H2,1H3,(H,14,19)(H,21,22)/t6-,7+,9+,10+,11+,13?/m0/s1. The summed E-state index contributed by atoms with van der Waals surface area (Å²) < 4.78 is 4.88. The third-order valence-electron chi connectivity index (χ3n) is 3.57. The molecule has 138 valence electrons. The lowest BCUT2D eigenvalue weighted by molar-refractivity contribution is -0.295. The van der Waals surface area contributed by atoms with Gasteiger partial charge in [-0.1, -0.05) is 0 Å². The highest BCUT2D eigenvalue weighted by Gasteiger charge is 2.53. The summed E-state index contributed by atoms with van der Waals surface area (Å²) in [7, 11) is 0. The number of carbonyl (C=O) groups is 3. The number of aliphatic carboxylic acids is 1. The maximum atomic E-state index is 11.7. The molecule has 6 atom stereocenters. The Morgan fingerprint density at radius 3 is 2.38 bits per heavy atom. The van der Waals surface area contributed by atoms with Crippen LogP contribution in [0.3, 0.4) is 0 Å². The molecule has 1 heterocycles. The van der Waals surface area contributed by atoms with Crippen LogP contribution in [-0.2, 0) is 19.1 Å². The summed E-state index contributed by atoms with van der Waals surface area (Å²) in [5.74, 6) is -6.01. The number of Topliss-reactive ketones (excluding diaryl/α,β-unsaturated/α-hetero) is 1. The zero-order valence-electron chi connectivity index (χ0n) is 12.8. The summed E-state index contributed by atoms with van der Waals surface area (Å²) >= 11 is 0. The van der Waals surface area contributed by atoms with Crippen LogP contribution in [0.4, 0.5) is 0 Å². The van der Waals surface area contributed by atoms with Gasteiger partial charge in [-0.15, -0.1) is 0 Å². The maximum absolute atomic E-state index is 11.7. The van der Waals surface area contributed by atoms with E-state index >= 15 is 0 Å². The fraction of sp³-hybridized carbons (Fsp3) is 0.769. The van der Waals surface area contributed by atoms with Crippen LogP contribution in [0.15, 0.2) is 0 Å². The van der Waals surface area contributed by atoms with E-state index in [1.54, 1.807) is 0 Å². The van der Waals surface area contributed by atoms with Gasteiger partial charge in [-0.25, -0.2) is 4.79 Å². The lowest BCUT2D eigenvalue weighted by Crippen LogP contribution is -2.67. The van der Waals surface area contributed by atoms with Gasteiger partial charge in [-0.2, -0.15) is 0 Å². The first-order chi connectivity index (χ1) is 11.0. The number of amides is 1. The molecular formula is C13H21NO10. The quantitative estimate of drug-likeness (QED) is 0.223. The number of ether oxygens (including phenoxy) is 1. The van der Waals surface area contributed by atoms with E-state index in [-0.39, 0.29) is 0 Å². The molecule has 1 amide bonds. The van der Waals surface area contributed by atoms with E-state index in [2.05, 4.69) is 5.32 Å². The molecule has 1 aliphatic rings. The number of carbonyl (C=O) groups excluding carboxylic acids is 2. The third-order valence-corrected chi connectivity index (χ3v) is 3.57. The van der Waals surface area contributed by atoms with Crippen LogP contribution in [-0.4, -0.2) is 91.2 Å². The second-order valence-electron chi connectivity index (χ2n) is 5.66. The predicted octanol–water partition coefficient (Wildman–Crippen LogP) is -3.91. The molecule has 1 unspecified atom stereocenters. The van der Waals surface area contributed by atoms with Crippen molar-refractivity contribution in [2.24, 2.45) is 0 Å². The van der Waals surface area contributed by atoms with E-state index in [1.165, 1.54) is 0 Å². The van der Waals surface area contributed by atoms with Crippen molar-refractivity contribution in [2.45, 2.75) is 56.0 Å². The molecule has 0 aromatic heterocycles. The summed E-state index contributed by atoms with van der Waals surface area (Å²) in [6.07, 6.45) is -8.50. The highest BCUT2D eigenvalue weighted by Crippen LogP contribution is 2.30. The molecule has 0 saturated carbocycles. The Hall–Kier alpha value is -1.63. The Balaban J connectivity index is 3.06. The second-order valence-corrected chi connectivity index (χ2v) is 5.66. The zero-order chi connectivity index (χ0) is 18.7. The Labute approximate surface area is 136 Å². The van der Waals surface area contributed by atoms with Gasteiger partial charge in [-0.3, -0.25) is 9.59 Å². The second kappa shape index (κ2) is 7.96. The Kier molecular flexibility index (Phi) is 6.77. The number of hydrogen-bond acceptors (Lipinski definition) is 9. The molecule has 24 heavy (non-hydrogen) atoms.